The van der Waals surface area contributed by atoms with Crippen LogP contribution in [0.4, 0.5) is 9.18 Å². The fourth-order valence-electron chi connectivity index (χ4n) is 2.36. The Kier molecular flexibility index (Phi) is 4.75. The predicted octanol–water partition coefficient (Wildman–Crippen LogP) is 3.04. The summed E-state index contributed by atoms with van der Waals surface area (Å²) in [7, 11) is 0. The van der Waals surface area contributed by atoms with Crippen molar-refractivity contribution in [2.75, 3.05) is 0 Å². The second-order valence-corrected chi connectivity index (χ2v) is 5.55. The van der Waals surface area contributed by atoms with Gasteiger partial charge in [-0.05, 0) is 44.7 Å². The van der Waals surface area contributed by atoms with Crippen molar-refractivity contribution in [1.29, 1.82) is 0 Å². The Morgan fingerprint density at radius 1 is 1.55 bits per heavy atom. The van der Waals surface area contributed by atoms with Crippen molar-refractivity contribution < 1.29 is 13.9 Å². The second kappa shape index (κ2) is 6.35. The quantitative estimate of drug-likeness (QED) is 0.872. The molecular weight excluding hydrogens is 285 g/mol. The highest BCUT2D eigenvalue weighted by Crippen LogP contribution is 2.36. The van der Waals surface area contributed by atoms with Crippen molar-refractivity contribution in [1.82, 2.24) is 15.3 Å². The molecule has 0 saturated heterocycles. The van der Waals surface area contributed by atoms with Crippen LogP contribution in [0.5, 0.6) is 0 Å². The Balaban J connectivity index is 1.95. The lowest BCUT2D eigenvalue weighted by atomic mass is 10.0. The topological polar surface area (TPSA) is 64.1 Å². The van der Waals surface area contributed by atoms with Crippen LogP contribution < -0.4 is 5.32 Å². The summed E-state index contributed by atoms with van der Waals surface area (Å²) in [5.74, 6) is -0.556. The largest absolute Gasteiger partial charge is 0.446 e. The number of hydrogen-bond donors (Lipinski definition) is 1. The number of carbonyl (C=O) groups is 1. The first-order valence-corrected chi connectivity index (χ1v) is 6.98. The number of nitrogens with one attached hydrogen (secondary N) is 1. The van der Waals surface area contributed by atoms with Gasteiger partial charge in [-0.1, -0.05) is 0 Å². The standard InChI is InChI=1S/C13H17ClFN3O2/c1-7(2)17-13(19)20-9-4-3-8(5-9)11-10(15)6-16-12(14)18-11/h6-9H,3-5H2,1-2H3,(H,17,19). The maximum atomic E-state index is 13.7. The highest BCUT2D eigenvalue weighted by atomic mass is 35.5. The Morgan fingerprint density at radius 3 is 3.00 bits per heavy atom. The van der Waals surface area contributed by atoms with Crippen LogP contribution >= 0.6 is 11.6 Å². The minimum atomic E-state index is -0.466. The monoisotopic (exact) mass is 301 g/mol. The number of amides is 1. The summed E-state index contributed by atoms with van der Waals surface area (Å²) in [5.41, 5.74) is 0.306. The molecule has 2 unspecified atom stereocenters. The van der Waals surface area contributed by atoms with Crippen LogP contribution in [-0.4, -0.2) is 28.2 Å². The molecule has 0 bridgehead atoms. The molecule has 0 aromatic carbocycles. The number of nitrogens with zero attached hydrogens (tertiary/aromatic N) is 2. The first-order chi connectivity index (χ1) is 9.45. The SMILES string of the molecule is CC(C)NC(=O)OC1CCC(c2nc(Cl)ncc2F)C1. The van der Waals surface area contributed by atoms with Gasteiger partial charge in [-0.2, -0.15) is 0 Å². The van der Waals surface area contributed by atoms with Gasteiger partial charge in [0.15, 0.2) is 5.82 Å². The molecule has 1 fully saturated rings. The molecule has 7 heteroatoms. The van der Waals surface area contributed by atoms with Gasteiger partial charge < -0.3 is 10.1 Å². The van der Waals surface area contributed by atoms with Gasteiger partial charge in [-0.3, -0.25) is 0 Å². The van der Waals surface area contributed by atoms with E-state index in [1.54, 1.807) is 0 Å². The first-order valence-electron chi connectivity index (χ1n) is 6.60. The molecule has 1 saturated carbocycles. The molecule has 20 heavy (non-hydrogen) atoms. The molecule has 1 aromatic rings. The van der Waals surface area contributed by atoms with Gasteiger partial charge in [0.2, 0.25) is 5.28 Å². The average Bonchev–Trinajstić information content (AvgIpc) is 2.79. The number of hydrogen-bond acceptors (Lipinski definition) is 4. The number of halogens is 2. The highest BCUT2D eigenvalue weighted by Gasteiger charge is 2.31. The van der Waals surface area contributed by atoms with Gasteiger partial charge in [-0.25, -0.2) is 19.2 Å². The molecule has 110 valence electrons. The molecular formula is C13H17ClFN3O2. The van der Waals surface area contributed by atoms with E-state index >= 15 is 0 Å². The lowest BCUT2D eigenvalue weighted by Crippen LogP contribution is -2.33. The summed E-state index contributed by atoms with van der Waals surface area (Å²) in [4.78, 5) is 19.1. The zero-order chi connectivity index (χ0) is 14.7. The Labute approximate surface area is 121 Å². The highest BCUT2D eigenvalue weighted by molar-refractivity contribution is 6.28. The van der Waals surface area contributed by atoms with Crippen LogP contribution in [-0.2, 0) is 4.74 Å². The summed E-state index contributed by atoms with van der Waals surface area (Å²) < 4.78 is 19.0. The molecule has 0 spiro atoms. The molecule has 1 aromatic heterocycles. The van der Waals surface area contributed by atoms with Crippen molar-refractivity contribution in [2.24, 2.45) is 0 Å². The molecule has 1 aliphatic carbocycles. The molecule has 1 heterocycles. The van der Waals surface area contributed by atoms with Gasteiger partial charge in [0.25, 0.3) is 0 Å². The Hall–Kier alpha value is -1.43. The lowest BCUT2D eigenvalue weighted by Gasteiger charge is -2.15. The average molecular weight is 302 g/mol. The zero-order valence-electron chi connectivity index (χ0n) is 11.4. The zero-order valence-corrected chi connectivity index (χ0v) is 12.2. The van der Waals surface area contributed by atoms with Crippen molar-refractivity contribution in [3.8, 4) is 0 Å². The van der Waals surface area contributed by atoms with E-state index in [4.69, 9.17) is 16.3 Å². The van der Waals surface area contributed by atoms with E-state index in [9.17, 15) is 9.18 Å². The number of rotatable bonds is 3. The van der Waals surface area contributed by atoms with Crippen LogP contribution in [0.3, 0.4) is 0 Å². The maximum absolute atomic E-state index is 13.7. The van der Waals surface area contributed by atoms with Crippen LogP contribution in [0, 0.1) is 5.82 Å². The summed E-state index contributed by atoms with van der Waals surface area (Å²) in [6, 6.07) is 0.0258. The van der Waals surface area contributed by atoms with E-state index in [1.807, 2.05) is 13.8 Å². The molecule has 2 rings (SSSR count). The third-order valence-corrected chi connectivity index (χ3v) is 3.38. The van der Waals surface area contributed by atoms with Crippen molar-refractivity contribution in [2.45, 2.75) is 51.2 Å². The van der Waals surface area contributed by atoms with Crippen LogP contribution in [0.25, 0.3) is 0 Å². The van der Waals surface area contributed by atoms with Gasteiger partial charge in [0.05, 0.1) is 11.9 Å². The minimum Gasteiger partial charge on any atom is -0.446 e. The van der Waals surface area contributed by atoms with Crippen molar-refractivity contribution in [3.63, 3.8) is 0 Å². The second-order valence-electron chi connectivity index (χ2n) is 5.21. The van der Waals surface area contributed by atoms with E-state index < -0.39 is 11.9 Å². The summed E-state index contributed by atoms with van der Waals surface area (Å²) in [6.07, 6.45) is 2.38. The number of aromatic nitrogens is 2. The fourth-order valence-corrected chi connectivity index (χ4v) is 2.50. The first kappa shape index (κ1) is 15.0. The van der Waals surface area contributed by atoms with E-state index in [-0.39, 0.29) is 23.3 Å². The van der Waals surface area contributed by atoms with Crippen LogP contribution in [0.1, 0.15) is 44.7 Å². The minimum absolute atomic E-state index is 0.0258. The third-order valence-electron chi connectivity index (χ3n) is 3.19. The Bertz CT molecular complexity index is 499. The van der Waals surface area contributed by atoms with E-state index in [0.29, 0.717) is 25.0 Å². The predicted molar refractivity (Wildman–Crippen MR) is 72.1 cm³/mol. The molecule has 2 atom stereocenters. The van der Waals surface area contributed by atoms with E-state index in [1.165, 1.54) is 0 Å². The van der Waals surface area contributed by atoms with Gasteiger partial charge in [0, 0.05) is 12.0 Å². The molecule has 1 N–H and O–H groups in total. The van der Waals surface area contributed by atoms with Crippen LogP contribution in [0.2, 0.25) is 5.28 Å². The van der Waals surface area contributed by atoms with Crippen LogP contribution in [0.15, 0.2) is 6.20 Å². The van der Waals surface area contributed by atoms with Crippen molar-refractivity contribution >= 4 is 17.7 Å². The molecule has 0 aliphatic heterocycles. The van der Waals surface area contributed by atoms with E-state index in [0.717, 1.165) is 6.20 Å². The maximum Gasteiger partial charge on any atom is 0.407 e. The molecule has 0 radical (unpaired) electrons. The Morgan fingerprint density at radius 2 is 2.30 bits per heavy atom. The van der Waals surface area contributed by atoms with Gasteiger partial charge in [-0.15, -0.1) is 0 Å². The molecule has 1 aliphatic rings. The molecule has 1 amide bonds. The summed E-state index contributed by atoms with van der Waals surface area (Å²) >= 11 is 5.69. The van der Waals surface area contributed by atoms with Crippen molar-refractivity contribution in [3.05, 3.63) is 23.0 Å². The normalized spacial score (nSPS) is 22.1. The third kappa shape index (κ3) is 3.79. The number of carbonyl (C=O) groups excluding carboxylic acids is 1. The molecule has 5 nitrogen and oxygen atoms in total. The summed E-state index contributed by atoms with van der Waals surface area (Å²) in [5, 5.41) is 2.69. The van der Waals surface area contributed by atoms with Gasteiger partial charge in [0.1, 0.15) is 6.10 Å². The smallest absolute Gasteiger partial charge is 0.407 e. The lowest BCUT2D eigenvalue weighted by molar-refractivity contribution is 0.0981. The fraction of sp³-hybridized carbons (Fsp3) is 0.615. The number of alkyl carbamates (subject to hydrolysis) is 1. The van der Waals surface area contributed by atoms with Gasteiger partial charge >= 0.3 is 6.09 Å². The number of ether oxygens (including phenoxy) is 1. The summed E-state index contributed by atoms with van der Waals surface area (Å²) in [6.45, 7) is 3.72. The van der Waals surface area contributed by atoms with E-state index in [2.05, 4.69) is 15.3 Å².